The van der Waals surface area contributed by atoms with Crippen molar-refractivity contribution in [1.29, 1.82) is 0 Å². The van der Waals surface area contributed by atoms with Gasteiger partial charge in [-0.1, -0.05) is 74.6 Å². The summed E-state index contributed by atoms with van der Waals surface area (Å²) in [5.74, 6) is 0.350. The molecule has 0 atom stereocenters. The highest BCUT2D eigenvalue weighted by atomic mass is 16.5. The van der Waals surface area contributed by atoms with Crippen molar-refractivity contribution in [2.24, 2.45) is 0 Å². The van der Waals surface area contributed by atoms with E-state index in [9.17, 15) is 14.4 Å². The molecule has 3 aromatic rings. The van der Waals surface area contributed by atoms with Gasteiger partial charge in [0.15, 0.2) is 0 Å². The number of para-hydroxylation sites is 1. The smallest absolute Gasteiger partial charge is 0.323 e. The van der Waals surface area contributed by atoms with Crippen molar-refractivity contribution in [2.45, 2.75) is 75.9 Å². The number of carbonyl (C=O) groups excluding carboxylic acids is 3. The number of nitrogens with zero attached hydrogens (tertiary/aromatic N) is 1. The Morgan fingerprint density at radius 1 is 0.810 bits per heavy atom. The first-order valence-corrected chi connectivity index (χ1v) is 15.0. The lowest BCUT2D eigenvalue weighted by Crippen LogP contribution is -2.60. The number of methoxy groups -OCH3 is 1. The van der Waals surface area contributed by atoms with Crippen LogP contribution in [-0.4, -0.2) is 41.4 Å². The second kappa shape index (κ2) is 13.6. The minimum atomic E-state index is -0.956. The van der Waals surface area contributed by atoms with Crippen LogP contribution in [0.15, 0.2) is 78.9 Å². The Hall–Kier alpha value is -4.33. The summed E-state index contributed by atoms with van der Waals surface area (Å²) in [5, 5.41) is 9.00. The third kappa shape index (κ3) is 6.75. The van der Waals surface area contributed by atoms with E-state index in [1.165, 1.54) is 6.42 Å². The van der Waals surface area contributed by atoms with Crippen molar-refractivity contribution in [3.8, 4) is 5.75 Å². The zero-order chi connectivity index (χ0) is 29.4. The molecule has 8 heteroatoms. The Morgan fingerprint density at radius 2 is 1.48 bits per heavy atom. The molecule has 3 N–H and O–H groups in total. The molecule has 0 unspecified atom stereocenters. The van der Waals surface area contributed by atoms with Crippen molar-refractivity contribution in [3.05, 3.63) is 90.0 Å². The highest BCUT2D eigenvalue weighted by Gasteiger charge is 2.49. The molecule has 0 saturated heterocycles. The van der Waals surface area contributed by atoms with Gasteiger partial charge >= 0.3 is 6.03 Å². The minimum absolute atomic E-state index is 0.0566. The SMILES string of the molecule is COc1ccc(NC(=O)Nc2ccccc2C(=O)N(Cc2ccccc2)C2(C(=O)NC3CCCCC3)CCCC2)cc1. The number of hydrogen-bond donors (Lipinski definition) is 3. The molecule has 0 aliphatic heterocycles. The molecule has 3 aromatic carbocycles. The summed E-state index contributed by atoms with van der Waals surface area (Å²) in [6.45, 7) is 0.296. The third-order valence-corrected chi connectivity index (χ3v) is 8.49. The first-order chi connectivity index (χ1) is 20.5. The lowest BCUT2D eigenvalue weighted by molar-refractivity contribution is -0.133. The molecular formula is C34H40N4O4. The number of urea groups is 1. The van der Waals surface area contributed by atoms with Gasteiger partial charge in [-0.15, -0.1) is 0 Å². The monoisotopic (exact) mass is 568 g/mol. The lowest BCUT2D eigenvalue weighted by atomic mass is 9.89. The predicted molar refractivity (Wildman–Crippen MR) is 165 cm³/mol. The number of benzene rings is 3. The second-order valence-electron chi connectivity index (χ2n) is 11.3. The Balaban J connectivity index is 1.43. The topological polar surface area (TPSA) is 99.8 Å². The zero-order valence-electron chi connectivity index (χ0n) is 24.2. The highest BCUT2D eigenvalue weighted by molar-refractivity contribution is 6.08. The van der Waals surface area contributed by atoms with Gasteiger partial charge in [0.1, 0.15) is 11.3 Å². The summed E-state index contributed by atoms with van der Waals surface area (Å²) < 4.78 is 5.19. The van der Waals surface area contributed by atoms with Crippen LogP contribution in [0.1, 0.15) is 73.7 Å². The van der Waals surface area contributed by atoms with Crippen LogP contribution in [0.5, 0.6) is 5.75 Å². The second-order valence-corrected chi connectivity index (χ2v) is 11.3. The van der Waals surface area contributed by atoms with Gasteiger partial charge in [-0.25, -0.2) is 4.79 Å². The van der Waals surface area contributed by atoms with E-state index in [4.69, 9.17) is 4.74 Å². The summed E-state index contributed by atoms with van der Waals surface area (Å²) in [4.78, 5) is 43.4. The largest absolute Gasteiger partial charge is 0.497 e. The molecule has 0 bridgehead atoms. The normalized spacial score (nSPS) is 16.3. The molecule has 0 heterocycles. The van der Waals surface area contributed by atoms with Crippen LogP contribution in [-0.2, 0) is 11.3 Å². The van der Waals surface area contributed by atoms with Crippen molar-refractivity contribution in [3.63, 3.8) is 0 Å². The molecule has 2 fully saturated rings. The number of hydrogen-bond acceptors (Lipinski definition) is 4. The van der Waals surface area contributed by atoms with Gasteiger partial charge in [0, 0.05) is 18.3 Å². The van der Waals surface area contributed by atoms with E-state index >= 15 is 0 Å². The number of anilines is 2. The molecule has 5 rings (SSSR count). The summed E-state index contributed by atoms with van der Waals surface area (Å²) in [6, 6.07) is 23.5. The summed E-state index contributed by atoms with van der Waals surface area (Å²) in [6.07, 6.45) is 8.35. The molecular weight excluding hydrogens is 528 g/mol. The maximum Gasteiger partial charge on any atom is 0.323 e. The van der Waals surface area contributed by atoms with Crippen molar-refractivity contribution in [1.82, 2.24) is 10.2 Å². The first kappa shape index (κ1) is 29.2. The van der Waals surface area contributed by atoms with E-state index in [2.05, 4.69) is 16.0 Å². The molecule has 4 amide bonds. The predicted octanol–water partition coefficient (Wildman–Crippen LogP) is 6.74. The molecule has 2 saturated carbocycles. The Kier molecular flexibility index (Phi) is 9.41. The first-order valence-electron chi connectivity index (χ1n) is 15.0. The van der Waals surface area contributed by atoms with Gasteiger partial charge in [0.2, 0.25) is 5.91 Å². The molecule has 2 aliphatic carbocycles. The number of rotatable bonds is 9. The van der Waals surface area contributed by atoms with Gasteiger partial charge in [-0.3, -0.25) is 9.59 Å². The van der Waals surface area contributed by atoms with Crippen molar-refractivity contribution < 1.29 is 19.1 Å². The summed E-state index contributed by atoms with van der Waals surface area (Å²) in [7, 11) is 1.58. The van der Waals surface area contributed by atoms with Crippen LogP contribution in [0.2, 0.25) is 0 Å². The van der Waals surface area contributed by atoms with Crippen LogP contribution in [0.4, 0.5) is 16.2 Å². The minimum Gasteiger partial charge on any atom is -0.497 e. The van der Waals surface area contributed by atoms with E-state index in [1.54, 1.807) is 60.5 Å². The Bertz CT molecular complexity index is 1360. The fourth-order valence-electron chi connectivity index (χ4n) is 6.21. The number of amides is 4. The number of ether oxygens (including phenoxy) is 1. The third-order valence-electron chi connectivity index (χ3n) is 8.49. The Morgan fingerprint density at radius 3 is 2.17 bits per heavy atom. The van der Waals surface area contributed by atoms with Gasteiger partial charge in [-0.2, -0.15) is 0 Å². The van der Waals surface area contributed by atoms with E-state index in [0.717, 1.165) is 44.1 Å². The van der Waals surface area contributed by atoms with Crippen LogP contribution in [0.25, 0.3) is 0 Å². The average Bonchev–Trinajstić information content (AvgIpc) is 3.52. The molecule has 2 aliphatic rings. The lowest BCUT2D eigenvalue weighted by Gasteiger charge is -2.41. The number of nitrogens with one attached hydrogen (secondary N) is 3. The van der Waals surface area contributed by atoms with Crippen LogP contribution in [0, 0.1) is 0 Å². The van der Waals surface area contributed by atoms with Crippen LogP contribution >= 0.6 is 0 Å². The van der Waals surface area contributed by atoms with Crippen LogP contribution in [0.3, 0.4) is 0 Å². The van der Waals surface area contributed by atoms with Gasteiger partial charge < -0.3 is 25.6 Å². The summed E-state index contributed by atoms with van der Waals surface area (Å²) >= 11 is 0. The average molecular weight is 569 g/mol. The fourth-order valence-corrected chi connectivity index (χ4v) is 6.21. The van der Waals surface area contributed by atoms with E-state index in [-0.39, 0.29) is 17.9 Å². The summed E-state index contributed by atoms with van der Waals surface area (Å²) in [5.41, 5.74) is 1.31. The van der Waals surface area contributed by atoms with Crippen molar-refractivity contribution in [2.75, 3.05) is 17.7 Å². The van der Waals surface area contributed by atoms with E-state index < -0.39 is 11.6 Å². The standard InChI is InChI=1S/C34H40N4O4/c1-42-28-20-18-27(19-21-28)36-33(41)37-30-17-9-8-16-29(30)31(39)38(24-25-12-4-2-5-13-25)34(22-10-11-23-34)32(40)35-26-14-6-3-7-15-26/h2,4-5,8-9,12-13,16-21,26H,3,6-7,10-11,14-15,22-24H2,1H3,(H,35,40)(H2,36,37,41). The molecule has 220 valence electrons. The highest BCUT2D eigenvalue weighted by Crippen LogP contribution is 2.39. The van der Waals surface area contributed by atoms with E-state index in [1.807, 2.05) is 30.3 Å². The van der Waals surface area contributed by atoms with Crippen molar-refractivity contribution >= 4 is 29.2 Å². The molecule has 0 aromatic heterocycles. The molecule has 8 nitrogen and oxygen atoms in total. The van der Waals surface area contributed by atoms with Gasteiger partial charge in [-0.05, 0) is 67.6 Å². The maximum absolute atomic E-state index is 14.5. The van der Waals surface area contributed by atoms with Gasteiger partial charge in [0.05, 0.1) is 18.4 Å². The molecule has 0 spiro atoms. The maximum atomic E-state index is 14.5. The quantitative estimate of drug-likeness (QED) is 0.266. The molecule has 42 heavy (non-hydrogen) atoms. The molecule has 0 radical (unpaired) electrons. The van der Waals surface area contributed by atoms with Gasteiger partial charge in [0.25, 0.3) is 5.91 Å². The number of carbonyl (C=O) groups is 3. The van der Waals surface area contributed by atoms with Crippen LogP contribution < -0.4 is 20.7 Å². The fraction of sp³-hybridized carbons (Fsp3) is 0.382. The van der Waals surface area contributed by atoms with E-state index in [0.29, 0.717) is 42.1 Å². The zero-order valence-corrected chi connectivity index (χ0v) is 24.2. The Labute approximate surface area is 247 Å².